The van der Waals surface area contributed by atoms with Gasteiger partial charge in [-0.05, 0) is 20.8 Å². The van der Waals surface area contributed by atoms with E-state index in [9.17, 15) is 4.79 Å². The van der Waals surface area contributed by atoms with Crippen LogP contribution in [0.3, 0.4) is 0 Å². The van der Waals surface area contributed by atoms with Crippen molar-refractivity contribution < 1.29 is 14.6 Å². The van der Waals surface area contributed by atoms with Crippen LogP contribution in [0.5, 0.6) is 0 Å². The smallest absolute Gasteiger partial charge is 0.332 e. The highest BCUT2D eigenvalue weighted by Gasteiger charge is 2.13. The van der Waals surface area contributed by atoms with Crippen molar-refractivity contribution in [3.8, 4) is 0 Å². The second-order valence-corrected chi connectivity index (χ2v) is 3.68. The van der Waals surface area contributed by atoms with Gasteiger partial charge in [-0.25, -0.2) is 9.78 Å². The molecule has 84 valence electrons. The molecule has 15 heavy (non-hydrogen) atoms. The Morgan fingerprint density at radius 1 is 1.60 bits per heavy atom. The first-order valence-electron chi connectivity index (χ1n) is 4.87. The summed E-state index contributed by atoms with van der Waals surface area (Å²) >= 11 is 0. The largest absolute Gasteiger partial charge is 0.479 e. The fraction of sp³-hybridized carbons (Fsp3) is 0.600. The van der Waals surface area contributed by atoms with Crippen LogP contribution in [0.15, 0.2) is 12.5 Å². The maximum atomic E-state index is 10.5. The molecule has 0 fully saturated rings. The third-order valence-corrected chi connectivity index (χ3v) is 2.13. The molecule has 5 nitrogen and oxygen atoms in total. The number of hydrogen-bond donors (Lipinski definition) is 1. The second kappa shape index (κ2) is 4.93. The topological polar surface area (TPSA) is 64.4 Å². The van der Waals surface area contributed by atoms with Crippen molar-refractivity contribution in [3.63, 3.8) is 0 Å². The predicted molar refractivity (Wildman–Crippen MR) is 54.5 cm³/mol. The third-order valence-electron chi connectivity index (χ3n) is 2.13. The lowest BCUT2D eigenvalue weighted by molar-refractivity contribution is -0.150. The van der Waals surface area contributed by atoms with Crippen molar-refractivity contribution in [1.82, 2.24) is 9.55 Å². The van der Waals surface area contributed by atoms with Gasteiger partial charge in [-0.1, -0.05) is 0 Å². The molecule has 1 aromatic heterocycles. The highest BCUT2D eigenvalue weighted by molar-refractivity contribution is 5.71. The molecule has 0 aliphatic carbocycles. The van der Waals surface area contributed by atoms with Gasteiger partial charge in [-0.2, -0.15) is 0 Å². The lowest BCUT2D eigenvalue weighted by atomic mass is 10.3. The summed E-state index contributed by atoms with van der Waals surface area (Å²) in [5, 5.41) is 8.64. The van der Waals surface area contributed by atoms with Crippen molar-refractivity contribution in [2.24, 2.45) is 0 Å². The summed E-state index contributed by atoms with van der Waals surface area (Å²) in [7, 11) is 0. The number of nitrogens with zero attached hydrogens (tertiary/aromatic N) is 2. The summed E-state index contributed by atoms with van der Waals surface area (Å²) < 4.78 is 7.13. The number of aromatic nitrogens is 2. The summed E-state index contributed by atoms with van der Waals surface area (Å²) in [4.78, 5) is 14.5. The predicted octanol–water partition coefficient (Wildman–Crippen LogP) is 1.45. The van der Waals surface area contributed by atoms with E-state index in [0.29, 0.717) is 6.04 Å². The van der Waals surface area contributed by atoms with E-state index in [1.54, 1.807) is 12.5 Å². The Bertz CT molecular complexity index is 333. The van der Waals surface area contributed by atoms with Crippen LogP contribution in [0, 0.1) is 0 Å². The third kappa shape index (κ3) is 3.06. The van der Waals surface area contributed by atoms with Crippen molar-refractivity contribution >= 4 is 5.97 Å². The van der Waals surface area contributed by atoms with E-state index in [0.717, 1.165) is 5.69 Å². The van der Waals surface area contributed by atoms with Gasteiger partial charge in [0.15, 0.2) is 6.10 Å². The zero-order valence-electron chi connectivity index (χ0n) is 9.17. The Labute approximate surface area is 88.7 Å². The average molecular weight is 212 g/mol. The fourth-order valence-electron chi connectivity index (χ4n) is 1.19. The molecule has 0 saturated carbocycles. The van der Waals surface area contributed by atoms with Crippen LogP contribution in [0.2, 0.25) is 0 Å². The summed E-state index contributed by atoms with van der Waals surface area (Å²) in [6, 6.07) is 0.297. The zero-order valence-corrected chi connectivity index (χ0v) is 9.17. The van der Waals surface area contributed by atoms with Gasteiger partial charge in [-0.15, -0.1) is 0 Å². The molecule has 0 amide bonds. The van der Waals surface area contributed by atoms with Crippen molar-refractivity contribution in [2.45, 2.75) is 39.5 Å². The highest BCUT2D eigenvalue weighted by Crippen LogP contribution is 2.10. The van der Waals surface area contributed by atoms with E-state index in [1.165, 1.54) is 6.92 Å². The van der Waals surface area contributed by atoms with Gasteiger partial charge in [0, 0.05) is 6.04 Å². The van der Waals surface area contributed by atoms with Gasteiger partial charge in [0.1, 0.15) is 0 Å². The summed E-state index contributed by atoms with van der Waals surface area (Å²) in [5.41, 5.74) is 0.887. The lowest BCUT2D eigenvalue weighted by Crippen LogP contribution is -2.20. The molecule has 1 heterocycles. The molecule has 0 saturated heterocycles. The lowest BCUT2D eigenvalue weighted by Gasteiger charge is -2.13. The Morgan fingerprint density at radius 3 is 2.80 bits per heavy atom. The Balaban J connectivity index is 2.57. The van der Waals surface area contributed by atoms with Gasteiger partial charge >= 0.3 is 5.97 Å². The first kappa shape index (κ1) is 11.7. The molecule has 0 unspecified atom stereocenters. The van der Waals surface area contributed by atoms with Crippen LogP contribution in [0.4, 0.5) is 0 Å². The van der Waals surface area contributed by atoms with Crippen molar-refractivity contribution in [3.05, 3.63) is 18.2 Å². The zero-order chi connectivity index (χ0) is 11.4. The first-order valence-corrected chi connectivity index (χ1v) is 4.87. The van der Waals surface area contributed by atoms with E-state index in [-0.39, 0.29) is 6.61 Å². The molecule has 5 heteroatoms. The summed E-state index contributed by atoms with van der Waals surface area (Å²) in [5.74, 6) is -0.953. The van der Waals surface area contributed by atoms with Crippen LogP contribution in [0.25, 0.3) is 0 Å². The molecule has 0 radical (unpaired) electrons. The molecule has 0 aliphatic rings. The van der Waals surface area contributed by atoms with Gasteiger partial charge in [0.05, 0.1) is 24.8 Å². The number of carboxylic acids is 1. The maximum Gasteiger partial charge on any atom is 0.332 e. The Morgan fingerprint density at radius 2 is 2.27 bits per heavy atom. The Hall–Kier alpha value is -1.36. The standard InChI is InChI=1S/C10H16N2O3/c1-7(2)12-6-11-4-9(12)5-15-8(3)10(13)14/h4,6-8H,5H2,1-3H3,(H,13,14)/t8-/m0/s1. The molecule has 0 bridgehead atoms. The number of hydrogen-bond acceptors (Lipinski definition) is 3. The van der Waals surface area contributed by atoms with Gasteiger partial charge in [0.2, 0.25) is 0 Å². The molecule has 0 aromatic carbocycles. The summed E-state index contributed by atoms with van der Waals surface area (Å²) in [6.07, 6.45) is 2.61. The minimum absolute atomic E-state index is 0.269. The fourth-order valence-corrected chi connectivity index (χ4v) is 1.19. The van der Waals surface area contributed by atoms with E-state index in [2.05, 4.69) is 4.98 Å². The number of imidazole rings is 1. The van der Waals surface area contributed by atoms with Gasteiger partial charge in [-0.3, -0.25) is 0 Å². The number of rotatable bonds is 5. The van der Waals surface area contributed by atoms with Crippen molar-refractivity contribution in [2.75, 3.05) is 0 Å². The molecule has 1 aromatic rings. The number of carbonyl (C=O) groups is 1. The monoisotopic (exact) mass is 212 g/mol. The SMILES string of the molecule is CC(C)n1cncc1CO[C@@H](C)C(=O)O. The Kier molecular flexibility index (Phi) is 3.85. The van der Waals surface area contributed by atoms with Crippen LogP contribution in [0.1, 0.15) is 32.5 Å². The first-order chi connectivity index (χ1) is 7.02. The van der Waals surface area contributed by atoms with E-state index in [1.807, 2.05) is 18.4 Å². The van der Waals surface area contributed by atoms with Gasteiger partial charge in [0.25, 0.3) is 0 Å². The highest BCUT2D eigenvalue weighted by atomic mass is 16.5. The second-order valence-electron chi connectivity index (χ2n) is 3.68. The minimum atomic E-state index is -0.953. The van der Waals surface area contributed by atoms with Crippen LogP contribution in [-0.4, -0.2) is 26.7 Å². The number of aliphatic carboxylic acids is 1. The molecule has 0 spiro atoms. The summed E-state index contributed by atoms with van der Waals surface area (Å²) in [6.45, 7) is 5.85. The normalized spacial score (nSPS) is 13.1. The number of ether oxygens (including phenoxy) is 1. The molecular formula is C10H16N2O3. The van der Waals surface area contributed by atoms with Crippen LogP contribution in [-0.2, 0) is 16.1 Å². The van der Waals surface area contributed by atoms with Gasteiger partial charge < -0.3 is 14.4 Å². The van der Waals surface area contributed by atoms with Crippen molar-refractivity contribution in [1.29, 1.82) is 0 Å². The average Bonchev–Trinajstić information content (AvgIpc) is 2.61. The molecule has 1 atom stereocenters. The van der Waals surface area contributed by atoms with E-state index in [4.69, 9.17) is 9.84 Å². The van der Waals surface area contributed by atoms with E-state index < -0.39 is 12.1 Å². The molecule has 0 aliphatic heterocycles. The minimum Gasteiger partial charge on any atom is -0.479 e. The maximum absolute atomic E-state index is 10.5. The molecular weight excluding hydrogens is 196 g/mol. The van der Waals surface area contributed by atoms with E-state index >= 15 is 0 Å². The molecule has 1 rings (SSSR count). The quantitative estimate of drug-likeness (QED) is 0.802. The van der Waals surface area contributed by atoms with Crippen LogP contribution >= 0.6 is 0 Å². The molecule has 1 N–H and O–H groups in total. The number of carboxylic acid groups (broad SMARTS) is 1. The van der Waals surface area contributed by atoms with Crippen LogP contribution < -0.4 is 0 Å².